The number of benzene rings is 3. The van der Waals surface area contributed by atoms with Crippen LogP contribution in [0.2, 0.25) is 0 Å². The number of amides is 2. The first kappa shape index (κ1) is 23.3. The summed E-state index contributed by atoms with van der Waals surface area (Å²) in [6.07, 6.45) is 2.58. The van der Waals surface area contributed by atoms with Crippen LogP contribution in [-0.4, -0.2) is 23.9 Å². The number of aryl methyl sites for hydroxylation is 1. The Hall–Kier alpha value is -4.46. The van der Waals surface area contributed by atoms with Crippen molar-refractivity contribution in [3.05, 3.63) is 84.3 Å². The molecule has 2 amide bonds. The molecule has 0 atom stereocenters. The summed E-state index contributed by atoms with van der Waals surface area (Å²) in [7, 11) is 1.62. The van der Waals surface area contributed by atoms with E-state index in [-0.39, 0.29) is 5.91 Å². The van der Waals surface area contributed by atoms with E-state index in [1.54, 1.807) is 43.6 Å². The molecule has 5 rings (SSSR count). The lowest BCUT2D eigenvalue weighted by molar-refractivity contribution is -0.131. The molecule has 182 valence electrons. The minimum atomic E-state index is -1.13. The van der Waals surface area contributed by atoms with Gasteiger partial charge in [-0.05, 0) is 86.0 Å². The van der Waals surface area contributed by atoms with Gasteiger partial charge in [-0.3, -0.25) is 14.6 Å². The molecule has 1 aromatic heterocycles. The van der Waals surface area contributed by atoms with E-state index >= 15 is 0 Å². The Bertz CT molecular complexity index is 1450. The number of rotatable bonds is 7. The fourth-order valence-electron chi connectivity index (χ4n) is 4.02. The Morgan fingerprint density at radius 1 is 0.889 bits per heavy atom. The van der Waals surface area contributed by atoms with E-state index in [1.165, 1.54) is 24.3 Å². The van der Waals surface area contributed by atoms with Crippen molar-refractivity contribution in [2.24, 2.45) is 5.41 Å². The van der Waals surface area contributed by atoms with Gasteiger partial charge in [-0.2, -0.15) is 0 Å². The number of anilines is 2. The van der Waals surface area contributed by atoms with E-state index in [4.69, 9.17) is 9.47 Å². The zero-order chi connectivity index (χ0) is 25.3. The van der Waals surface area contributed by atoms with Crippen LogP contribution in [0.4, 0.5) is 15.8 Å². The highest BCUT2D eigenvalue weighted by Gasteiger charge is 2.56. The summed E-state index contributed by atoms with van der Waals surface area (Å²) in [5.41, 5.74) is 1.59. The summed E-state index contributed by atoms with van der Waals surface area (Å²) in [4.78, 5) is 30.0. The Morgan fingerprint density at radius 2 is 1.50 bits per heavy atom. The minimum Gasteiger partial charge on any atom is -0.496 e. The number of nitrogens with zero attached hydrogens (tertiary/aromatic N) is 1. The molecule has 0 unspecified atom stereocenters. The van der Waals surface area contributed by atoms with E-state index in [0.717, 1.165) is 22.2 Å². The van der Waals surface area contributed by atoms with E-state index in [0.29, 0.717) is 35.7 Å². The SMILES string of the molecule is COc1cc2nccc(Oc3ccc(NC(=O)C4(C(=O)Nc5ccc(F)cc5)CC4)cc3)c2cc1C. The molecule has 0 radical (unpaired) electrons. The number of hydrogen-bond acceptors (Lipinski definition) is 5. The molecule has 1 heterocycles. The van der Waals surface area contributed by atoms with Crippen molar-refractivity contribution in [3.8, 4) is 17.2 Å². The van der Waals surface area contributed by atoms with Crippen molar-refractivity contribution in [1.82, 2.24) is 4.98 Å². The van der Waals surface area contributed by atoms with Crippen LogP contribution in [0.15, 0.2) is 72.9 Å². The molecule has 0 saturated heterocycles. The average molecular weight is 486 g/mol. The topological polar surface area (TPSA) is 89.6 Å². The smallest absolute Gasteiger partial charge is 0.240 e. The second kappa shape index (κ2) is 9.30. The summed E-state index contributed by atoms with van der Waals surface area (Å²) >= 11 is 0. The molecule has 7 nitrogen and oxygen atoms in total. The van der Waals surface area contributed by atoms with Gasteiger partial charge in [0.1, 0.15) is 28.5 Å². The Balaban J connectivity index is 1.26. The second-order valence-electron chi connectivity index (χ2n) is 8.77. The van der Waals surface area contributed by atoms with Gasteiger partial charge < -0.3 is 20.1 Å². The van der Waals surface area contributed by atoms with E-state index in [2.05, 4.69) is 15.6 Å². The molecule has 0 bridgehead atoms. The molecule has 4 aromatic rings. The van der Waals surface area contributed by atoms with Gasteiger partial charge in [0, 0.05) is 29.0 Å². The number of pyridine rings is 1. The van der Waals surface area contributed by atoms with Crippen molar-refractivity contribution in [2.45, 2.75) is 19.8 Å². The van der Waals surface area contributed by atoms with Gasteiger partial charge in [0.25, 0.3) is 0 Å². The highest BCUT2D eigenvalue weighted by atomic mass is 19.1. The maximum atomic E-state index is 13.1. The molecule has 8 heteroatoms. The molecule has 2 N–H and O–H groups in total. The fraction of sp³-hybridized carbons (Fsp3) is 0.179. The summed E-state index contributed by atoms with van der Waals surface area (Å²) in [6, 6.07) is 18.0. The highest BCUT2D eigenvalue weighted by Crippen LogP contribution is 2.47. The molecule has 1 aliphatic carbocycles. The maximum absolute atomic E-state index is 13.1. The third-order valence-electron chi connectivity index (χ3n) is 6.28. The highest BCUT2D eigenvalue weighted by molar-refractivity contribution is 6.16. The first-order valence-corrected chi connectivity index (χ1v) is 11.5. The van der Waals surface area contributed by atoms with Crippen molar-refractivity contribution >= 4 is 34.1 Å². The number of nitrogens with one attached hydrogen (secondary N) is 2. The second-order valence-corrected chi connectivity index (χ2v) is 8.77. The average Bonchev–Trinajstić information content (AvgIpc) is 3.69. The number of halogens is 1. The lowest BCUT2D eigenvalue weighted by Gasteiger charge is -2.16. The predicted octanol–water partition coefficient (Wildman–Crippen LogP) is 5.84. The molecule has 3 aromatic carbocycles. The molecule has 1 aliphatic rings. The van der Waals surface area contributed by atoms with E-state index < -0.39 is 17.1 Å². The van der Waals surface area contributed by atoms with E-state index in [1.807, 2.05) is 19.1 Å². The van der Waals surface area contributed by atoms with Crippen molar-refractivity contribution in [2.75, 3.05) is 17.7 Å². The Morgan fingerprint density at radius 3 is 2.08 bits per heavy atom. The monoisotopic (exact) mass is 485 g/mol. The molecule has 36 heavy (non-hydrogen) atoms. The number of fused-ring (bicyclic) bond motifs is 1. The molecular weight excluding hydrogens is 461 g/mol. The number of hydrogen-bond donors (Lipinski definition) is 2. The lowest BCUT2D eigenvalue weighted by Crippen LogP contribution is -2.35. The van der Waals surface area contributed by atoms with Crippen LogP contribution in [0.1, 0.15) is 18.4 Å². The van der Waals surface area contributed by atoms with Gasteiger partial charge in [-0.1, -0.05) is 0 Å². The van der Waals surface area contributed by atoms with Gasteiger partial charge in [0.2, 0.25) is 11.8 Å². The summed E-state index contributed by atoms with van der Waals surface area (Å²) in [5.74, 6) is 0.822. The number of ether oxygens (including phenoxy) is 2. The van der Waals surface area contributed by atoms with Crippen LogP contribution in [0.3, 0.4) is 0 Å². The van der Waals surface area contributed by atoms with Gasteiger partial charge >= 0.3 is 0 Å². The number of methoxy groups -OCH3 is 1. The zero-order valence-electron chi connectivity index (χ0n) is 19.8. The Labute approximate surface area is 207 Å². The summed E-state index contributed by atoms with van der Waals surface area (Å²) < 4.78 is 24.6. The predicted molar refractivity (Wildman–Crippen MR) is 135 cm³/mol. The fourth-order valence-corrected chi connectivity index (χ4v) is 4.02. The Kier molecular flexibility index (Phi) is 6.01. The van der Waals surface area contributed by atoms with Gasteiger partial charge in [-0.15, -0.1) is 0 Å². The molecule has 0 spiro atoms. The molecule has 1 saturated carbocycles. The van der Waals surface area contributed by atoms with Crippen LogP contribution in [-0.2, 0) is 9.59 Å². The van der Waals surface area contributed by atoms with Crippen LogP contribution >= 0.6 is 0 Å². The summed E-state index contributed by atoms with van der Waals surface area (Å²) in [5, 5.41) is 6.38. The van der Waals surface area contributed by atoms with Gasteiger partial charge in [0.05, 0.1) is 12.6 Å². The normalized spacial score (nSPS) is 13.6. The van der Waals surface area contributed by atoms with E-state index in [9.17, 15) is 14.0 Å². The zero-order valence-corrected chi connectivity index (χ0v) is 19.8. The third-order valence-corrected chi connectivity index (χ3v) is 6.28. The first-order valence-electron chi connectivity index (χ1n) is 11.5. The largest absolute Gasteiger partial charge is 0.496 e. The number of carbonyl (C=O) groups is 2. The van der Waals surface area contributed by atoms with Crippen molar-refractivity contribution < 1.29 is 23.5 Å². The number of aromatic nitrogens is 1. The lowest BCUT2D eigenvalue weighted by atomic mass is 10.0. The van der Waals surface area contributed by atoms with Crippen LogP contribution in [0, 0.1) is 18.2 Å². The molecule has 1 fully saturated rings. The first-order chi connectivity index (χ1) is 17.4. The molecular formula is C28H24FN3O4. The van der Waals surface area contributed by atoms with Crippen LogP contribution in [0.5, 0.6) is 17.2 Å². The van der Waals surface area contributed by atoms with Gasteiger partial charge in [0.15, 0.2) is 0 Å². The van der Waals surface area contributed by atoms with Crippen molar-refractivity contribution in [3.63, 3.8) is 0 Å². The van der Waals surface area contributed by atoms with Crippen LogP contribution < -0.4 is 20.1 Å². The van der Waals surface area contributed by atoms with Gasteiger partial charge in [-0.25, -0.2) is 4.39 Å². The standard InChI is InChI=1S/C28H24FN3O4/c1-17-15-22-23(16-25(17)35-2)30-14-11-24(22)36-21-9-7-20(8-10-21)32-27(34)28(12-13-28)26(33)31-19-5-3-18(29)4-6-19/h3-11,14-16H,12-13H2,1-2H3,(H,31,33)(H,32,34). The quantitative estimate of drug-likeness (QED) is 0.321. The summed E-state index contributed by atoms with van der Waals surface area (Å²) in [6.45, 7) is 1.96. The minimum absolute atomic E-state index is 0.375. The maximum Gasteiger partial charge on any atom is 0.240 e. The molecule has 0 aliphatic heterocycles. The van der Waals surface area contributed by atoms with Crippen LogP contribution in [0.25, 0.3) is 10.9 Å². The number of carbonyl (C=O) groups excluding carboxylic acids is 2. The van der Waals surface area contributed by atoms with Crippen molar-refractivity contribution in [1.29, 1.82) is 0 Å². The third kappa shape index (κ3) is 4.57.